The van der Waals surface area contributed by atoms with Crippen LogP contribution in [-0.4, -0.2) is 35.0 Å². The first-order chi connectivity index (χ1) is 14.1. The van der Waals surface area contributed by atoms with E-state index in [0.29, 0.717) is 22.6 Å². The van der Waals surface area contributed by atoms with Crippen molar-refractivity contribution in [2.24, 2.45) is 0 Å². The number of hydrogen-bond donors (Lipinski definition) is 1. The number of nitrogens with two attached hydrogens (primary N) is 1. The van der Waals surface area contributed by atoms with Crippen LogP contribution in [0.4, 0.5) is 5.69 Å². The summed E-state index contributed by atoms with van der Waals surface area (Å²) in [4.78, 5) is 29.4. The number of hydrogen-bond acceptors (Lipinski definition) is 7. The van der Waals surface area contributed by atoms with Crippen molar-refractivity contribution >= 4 is 17.4 Å². The summed E-state index contributed by atoms with van der Waals surface area (Å²) in [6, 6.07) is 8.12. The predicted octanol–water partition coefficient (Wildman–Crippen LogP) is 4.23. The number of nitrogens with zero attached hydrogens (tertiary/aromatic N) is 1. The molecule has 0 spiro atoms. The molecule has 0 bridgehead atoms. The van der Waals surface area contributed by atoms with Crippen molar-refractivity contribution in [2.45, 2.75) is 66.3 Å². The molecule has 0 saturated carbocycles. The summed E-state index contributed by atoms with van der Waals surface area (Å²) < 4.78 is 16.7. The lowest BCUT2D eigenvalue weighted by Crippen LogP contribution is -2.15. The molecule has 30 heavy (non-hydrogen) atoms. The Morgan fingerprint density at radius 3 is 2.20 bits per heavy atom. The highest BCUT2D eigenvalue weighted by atomic mass is 16.5. The van der Waals surface area contributed by atoms with Gasteiger partial charge in [0, 0.05) is 12.0 Å². The Bertz CT molecular complexity index is 906. The molecule has 0 radical (unpaired) electrons. The third-order valence-corrected chi connectivity index (χ3v) is 3.88. The Balaban J connectivity index is 2.30. The molecule has 0 aliphatic heterocycles. The maximum atomic E-state index is 12.9. The first-order valence-corrected chi connectivity index (χ1v) is 10.0. The highest BCUT2D eigenvalue weighted by Crippen LogP contribution is 2.26. The van der Waals surface area contributed by atoms with Gasteiger partial charge in [-0.3, -0.25) is 4.79 Å². The van der Waals surface area contributed by atoms with Gasteiger partial charge in [0.2, 0.25) is 5.88 Å². The molecule has 2 N–H and O–H groups in total. The van der Waals surface area contributed by atoms with Crippen LogP contribution >= 0.6 is 0 Å². The highest BCUT2D eigenvalue weighted by molar-refractivity contribution is 5.97. The summed E-state index contributed by atoms with van der Waals surface area (Å²) in [5.41, 5.74) is 7.53. The van der Waals surface area contributed by atoms with Crippen LogP contribution in [0.1, 0.15) is 68.0 Å². The van der Waals surface area contributed by atoms with Gasteiger partial charge < -0.3 is 19.9 Å². The Labute approximate surface area is 177 Å². The second-order valence-electron chi connectivity index (χ2n) is 7.80. The Kier molecular flexibility index (Phi) is 7.80. The number of rotatable bonds is 9. The molecule has 2 aromatic rings. The SMILES string of the molecule is CC(C)OC(=O)c1ccc(CC(=O)c2ccc(N)c(OC(C)C)n2)c(OC(C)C)c1. The average Bonchev–Trinajstić information content (AvgIpc) is 2.63. The van der Waals surface area contributed by atoms with E-state index >= 15 is 0 Å². The third kappa shape index (κ3) is 6.47. The number of pyridine rings is 1. The second-order valence-corrected chi connectivity index (χ2v) is 7.80. The van der Waals surface area contributed by atoms with Gasteiger partial charge in [0.25, 0.3) is 0 Å². The molecule has 0 aliphatic carbocycles. The number of ketones is 1. The molecule has 7 heteroatoms. The number of esters is 1. The standard InChI is InChI=1S/C23H30N2O5/c1-13(2)28-21-12-17(23(27)30-15(5)6)8-7-16(21)11-20(26)19-10-9-18(24)22(25-19)29-14(3)4/h7-10,12-15H,11,24H2,1-6H3. The fourth-order valence-electron chi connectivity index (χ4n) is 2.66. The van der Waals surface area contributed by atoms with Gasteiger partial charge >= 0.3 is 5.97 Å². The zero-order valence-corrected chi connectivity index (χ0v) is 18.4. The summed E-state index contributed by atoms with van der Waals surface area (Å²) in [7, 11) is 0. The van der Waals surface area contributed by atoms with Crippen LogP contribution in [0.15, 0.2) is 30.3 Å². The van der Waals surface area contributed by atoms with E-state index in [-0.39, 0.29) is 42.1 Å². The van der Waals surface area contributed by atoms with E-state index < -0.39 is 5.97 Å². The molecule has 0 amide bonds. The maximum absolute atomic E-state index is 12.9. The van der Waals surface area contributed by atoms with Gasteiger partial charge in [-0.2, -0.15) is 0 Å². The molecule has 0 atom stereocenters. The van der Waals surface area contributed by atoms with Crippen LogP contribution in [0.25, 0.3) is 0 Å². The van der Waals surface area contributed by atoms with Crippen molar-refractivity contribution in [3.8, 4) is 11.6 Å². The van der Waals surface area contributed by atoms with Gasteiger partial charge in [-0.1, -0.05) is 6.07 Å². The van der Waals surface area contributed by atoms with Crippen molar-refractivity contribution < 1.29 is 23.8 Å². The fourth-order valence-corrected chi connectivity index (χ4v) is 2.66. The lowest BCUT2D eigenvalue weighted by atomic mass is 10.0. The van der Waals surface area contributed by atoms with Crippen LogP contribution in [0.2, 0.25) is 0 Å². The monoisotopic (exact) mass is 414 g/mol. The minimum absolute atomic E-state index is 0.0552. The molecule has 0 aliphatic rings. The summed E-state index contributed by atoms with van der Waals surface area (Å²) in [5, 5.41) is 0. The third-order valence-electron chi connectivity index (χ3n) is 3.88. The Morgan fingerprint density at radius 1 is 0.933 bits per heavy atom. The first kappa shape index (κ1) is 23.2. The van der Waals surface area contributed by atoms with Crippen molar-refractivity contribution in [1.29, 1.82) is 0 Å². The molecule has 162 valence electrons. The van der Waals surface area contributed by atoms with Crippen LogP contribution < -0.4 is 15.2 Å². The van der Waals surface area contributed by atoms with Crippen LogP contribution in [0, 0.1) is 0 Å². The van der Waals surface area contributed by atoms with Crippen LogP contribution in [-0.2, 0) is 11.2 Å². The summed E-state index contributed by atoms with van der Waals surface area (Å²) >= 11 is 0. The van der Waals surface area contributed by atoms with Gasteiger partial charge in [0.1, 0.15) is 11.4 Å². The van der Waals surface area contributed by atoms with Gasteiger partial charge in [0.15, 0.2) is 5.78 Å². The summed E-state index contributed by atoms with van der Waals surface area (Å²) in [6.45, 7) is 11.0. The van der Waals surface area contributed by atoms with Gasteiger partial charge in [0.05, 0.1) is 29.6 Å². The molecule has 1 heterocycles. The van der Waals surface area contributed by atoms with E-state index in [9.17, 15) is 9.59 Å². The summed E-state index contributed by atoms with van der Waals surface area (Å²) in [5.74, 6) is 0.0498. The zero-order valence-electron chi connectivity index (χ0n) is 18.4. The first-order valence-electron chi connectivity index (χ1n) is 10.0. The number of benzene rings is 1. The maximum Gasteiger partial charge on any atom is 0.338 e. The van der Waals surface area contributed by atoms with Crippen molar-refractivity contribution in [2.75, 3.05) is 5.73 Å². The molecule has 0 unspecified atom stereocenters. The number of carbonyl (C=O) groups excluding carboxylic acids is 2. The molecular weight excluding hydrogens is 384 g/mol. The van der Waals surface area contributed by atoms with Crippen LogP contribution in [0.5, 0.6) is 11.6 Å². The van der Waals surface area contributed by atoms with Crippen LogP contribution in [0.3, 0.4) is 0 Å². The van der Waals surface area contributed by atoms with E-state index in [1.807, 2.05) is 27.7 Å². The number of anilines is 1. The molecule has 1 aromatic heterocycles. The lowest BCUT2D eigenvalue weighted by molar-refractivity contribution is 0.0377. The molecule has 1 aromatic carbocycles. The van der Waals surface area contributed by atoms with Gasteiger partial charge in [-0.05, 0) is 65.8 Å². The number of carbonyl (C=O) groups is 2. The van der Waals surface area contributed by atoms with E-state index in [1.165, 1.54) is 0 Å². The smallest absolute Gasteiger partial charge is 0.338 e. The predicted molar refractivity (Wildman–Crippen MR) is 115 cm³/mol. The van der Waals surface area contributed by atoms with E-state index in [2.05, 4.69) is 4.98 Å². The quantitative estimate of drug-likeness (QED) is 0.484. The van der Waals surface area contributed by atoms with Crippen molar-refractivity contribution in [3.63, 3.8) is 0 Å². The number of ether oxygens (including phenoxy) is 3. The molecule has 2 rings (SSSR count). The van der Waals surface area contributed by atoms with Crippen molar-refractivity contribution in [3.05, 3.63) is 47.2 Å². The summed E-state index contributed by atoms with van der Waals surface area (Å²) in [6.07, 6.45) is -0.420. The molecule has 0 saturated heterocycles. The number of nitrogen functional groups attached to an aromatic ring is 1. The van der Waals surface area contributed by atoms with E-state index in [0.717, 1.165) is 0 Å². The second kappa shape index (κ2) is 10.1. The zero-order chi connectivity index (χ0) is 22.4. The average molecular weight is 415 g/mol. The number of aromatic nitrogens is 1. The number of Topliss-reactive ketones (excluding diaryl/α,β-unsaturated/α-hetero) is 1. The Hall–Kier alpha value is -3.09. The normalized spacial score (nSPS) is 11.1. The molecule has 0 fully saturated rings. The van der Waals surface area contributed by atoms with Gasteiger partial charge in [-0.25, -0.2) is 9.78 Å². The van der Waals surface area contributed by atoms with Crippen molar-refractivity contribution in [1.82, 2.24) is 4.98 Å². The topological polar surface area (TPSA) is 101 Å². The highest BCUT2D eigenvalue weighted by Gasteiger charge is 2.18. The van der Waals surface area contributed by atoms with E-state index in [4.69, 9.17) is 19.9 Å². The minimum Gasteiger partial charge on any atom is -0.491 e. The molecular formula is C23H30N2O5. The van der Waals surface area contributed by atoms with Gasteiger partial charge in [-0.15, -0.1) is 0 Å². The minimum atomic E-state index is -0.438. The fraction of sp³-hybridized carbons (Fsp3) is 0.435. The molecule has 7 nitrogen and oxygen atoms in total. The largest absolute Gasteiger partial charge is 0.491 e. The Morgan fingerprint density at radius 2 is 1.60 bits per heavy atom. The lowest BCUT2D eigenvalue weighted by Gasteiger charge is -2.16. The van der Waals surface area contributed by atoms with E-state index in [1.54, 1.807) is 44.2 Å².